The van der Waals surface area contributed by atoms with E-state index in [2.05, 4.69) is 26.5 Å². The molecule has 0 radical (unpaired) electrons. The van der Waals surface area contributed by atoms with Crippen LogP contribution < -0.4 is 14.8 Å². The number of likely N-dealkylation sites (tertiary alicyclic amines) is 1. The minimum atomic E-state index is -5.08. The van der Waals surface area contributed by atoms with Gasteiger partial charge in [-0.15, -0.1) is 10.2 Å². The summed E-state index contributed by atoms with van der Waals surface area (Å²) in [5.41, 5.74) is 5.16. The summed E-state index contributed by atoms with van der Waals surface area (Å²) in [6, 6.07) is 17.4. The summed E-state index contributed by atoms with van der Waals surface area (Å²) in [5.74, 6) is -0.719. The van der Waals surface area contributed by atoms with E-state index >= 15 is 0 Å². The summed E-state index contributed by atoms with van der Waals surface area (Å²) in [5, 5.41) is 19.7. The van der Waals surface area contributed by atoms with Crippen molar-refractivity contribution in [1.29, 1.82) is 0 Å². The van der Waals surface area contributed by atoms with Crippen molar-refractivity contribution in [1.82, 2.24) is 20.1 Å². The number of halogens is 4. The van der Waals surface area contributed by atoms with Gasteiger partial charge in [0.15, 0.2) is 0 Å². The van der Waals surface area contributed by atoms with Crippen LogP contribution in [0.3, 0.4) is 0 Å². The van der Waals surface area contributed by atoms with Crippen LogP contribution in [0, 0.1) is 6.92 Å². The van der Waals surface area contributed by atoms with Crippen molar-refractivity contribution < 1.29 is 32.5 Å². The molecule has 9 nitrogen and oxygen atoms in total. The van der Waals surface area contributed by atoms with Gasteiger partial charge in [-0.2, -0.15) is 13.2 Å². The minimum Gasteiger partial charge on any atom is -0.497 e. The van der Waals surface area contributed by atoms with Gasteiger partial charge in [0.2, 0.25) is 5.95 Å². The zero-order chi connectivity index (χ0) is 30.3. The van der Waals surface area contributed by atoms with Crippen LogP contribution in [0.4, 0.5) is 24.8 Å². The molecule has 4 aromatic rings. The Balaban J connectivity index is 0.000000517. The summed E-state index contributed by atoms with van der Waals surface area (Å²) in [6.45, 7) is 6.05. The molecule has 0 amide bonds. The number of rotatable bonds is 8. The second-order valence-corrected chi connectivity index (χ2v) is 9.90. The van der Waals surface area contributed by atoms with E-state index in [1.165, 1.54) is 25.9 Å². The minimum absolute atomic E-state index is 0.440. The van der Waals surface area contributed by atoms with E-state index in [1.807, 2.05) is 55.5 Å². The number of hydrogen-bond donors (Lipinski definition) is 2. The molecule has 1 aliphatic rings. The zero-order valence-electron chi connectivity index (χ0n) is 22.9. The van der Waals surface area contributed by atoms with E-state index < -0.39 is 12.1 Å². The van der Waals surface area contributed by atoms with Crippen LogP contribution in [0.25, 0.3) is 22.2 Å². The number of alkyl halides is 3. The fourth-order valence-corrected chi connectivity index (χ4v) is 4.56. The summed E-state index contributed by atoms with van der Waals surface area (Å²) < 4.78 is 43.0. The molecule has 1 aliphatic heterocycles. The summed E-state index contributed by atoms with van der Waals surface area (Å²) in [6.07, 6.45) is -2.49. The summed E-state index contributed by atoms with van der Waals surface area (Å²) >= 11 is 6.45. The van der Waals surface area contributed by atoms with Crippen molar-refractivity contribution in [3.05, 3.63) is 65.2 Å². The lowest BCUT2D eigenvalue weighted by molar-refractivity contribution is -0.192. The molecule has 3 aromatic carbocycles. The molecule has 0 spiro atoms. The first-order valence-electron chi connectivity index (χ1n) is 13.0. The number of carboxylic acids is 1. The van der Waals surface area contributed by atoms with Crippen LogP contribution in [0.2, 0.25) is 5.02 Å². The number of aryl methyl sites for hydroxylation is 1. The van der Waals surface area contributed by atoms with Crippen LogP contribution >= 0.6 is 11.6 Å². The number of aromatic nitrogens is 3. The van der Waals surface area contributed by atoms with E-state index in [1.54, 1.807) is 7.11 Å². The van der Waals surface area contributed by atoms with Crippen LogP contribution in [-0.4, -0.2) is 70.7 Å². The number of nitrogens with zero attached hydrogens (tertiary/aromatic N) is 4. The van der Waals surface area contributed by atoms with E-state index in [-0.39, 0.29) is 0 Å². The lowest BCUT2D eigenvalue weighted by Gasteiger charge is -2.15. The van der Waals surface area contributed by atoms with E-state index in [4.69, 9.17) is 36.0 Å². The molecule has 0 unspecified atom stereocenters. The maximum Gasteiger partial charge on any atom is 0.490 e. The number of carbonyl (C=O) groups is 1. The average Bonchev–Trinajstić information content (AvgIpc) is 3.48. The number of ether oxygens (including phenoxy) is 2. The smallest absolute Gasteiger partial charge is 0.490 e. The van der Waals surface area contributed by atoms with Crippen molar-refractivity contribution in [2.45, 2.75) is 25.9 Å². The number of benzene rings is 3. The number of anilines is 2. The third-order valence-electron chi connectivity index (χ3n) is 6.46. The van der Waals surface area contributed by atoms with Crippen molar-refractivity contribution >= 4 is 40.2 Å². The molecule has 0 saturated carbocycles. The van der Waals surface area contributed by atoms with E-state index in [0.717, 1.165) is 45.9 Å². The standard InChI is InChI=1S/C27H28ClN5O2.C2HF3O2/c1-18-15-19(23-17-22(34-2)9-10-24(23)28)16-25-26(18)30-27(32-31-25)29-20-5-7-21(8-6-20)35-14-13-33-11-3-4-12-33;3-2(4,5)1(6)7/h5-10,15-17H,3-4,11-14H2,1-2H3,(H,29,30,32);(H,6,7). The molecule has 42 heavy (non-hydrogen) atoms. The van der Waals surface area contributed by atoms with Crippen LogP contribution in [0.15, 0.2) is 54.6 Å². The highest BCUT2D eigenvalue weighted by atomic mass is 35.5. The van der Waals surface area contributed by atoms with Crippen LogP contribution in [0.1, 0.15) is 18.4 Å². The Hall–Kier alpha value is -4.16. The molecule has 0 aliphatic carbocycles. The predicted octanol–water partition coefficient (Wildman–Crippen LogP) is 6.51. The Morgan fingerprint density at radius 1 is 1.05 bits per heavy atom. The van der Waals surface area contributed by atoms with Crippen LogP contribution in [0.5, 0.6) is 11.5 Å². The van der Waals surface area contributed by atoms with Crippen molar-refractivity contribution in [2.75, 3.05) is 38.7 Å². The van der Waals surface area contributed by atoms with Gasteiger partial charge in [-0.1, -0.05) is 11.6 Å². The first kappa shape index (κ1) is 30.8. The number of carboxylic acid groups (broad SMARTS) is 1. The molecular formula is C29H29ClF3N5O4. The zero-order valence-corrected chi connectivity index (χ0v) is 23.7. The molecule has 2 N–H and O–H groups in total. The average molecular weight is 604 g/mol. The fourth-order valence-electron chi connectivity index (χ4n) is 4.34. The highest BCUT2D eigenvalue weighted by Gasteiger charge is 2.38. The highest BCUT2D eigenvalue weighted by Crippen LogP contribution is 2.34. The van der Waals surface area contributed by atoms with Gasteiger partial charge in [0.25, 0.3) is 0 Å². The van der Waals surface area contributed by atoms with Gasteiger partial charge >= 0.3 is 12.1 Å². The van der Waals surface area contributed by atoms with Gasteiger partial charge in [-0.05, 0) is 98.6 Å². The van der Waals surface area contributed by atoms with Gasteiger partial charge in [-0.3, -0.25) is 4.90 Å². The first-order chi connectivity index (χ1) is 20.0. The van der Waals surface area contributed by atoms with Gasteiger partial charge < -0.3 is 19.9 Å². The van der Waals surface area contributed by atoms with Crippen LogP contribution in [-0.2, 0) is 4.79 Å². The third kappa shape index (κ3) is 8.20. The van der Waals surface area contributed by atoms with E-state index in [0.29, 0.717) is 23.1 Å². The number of methoxy groups -OCH3 is 1. The lowest BCUT2D eigenvalue weighted by atomic mass is 10.0. The molecule has 1 aromatic heterocycles. The maximum atomic E-state index is 10.6. The molecule has 1 fully saturated rings. The normalized spacial score (nSPS) is 13.4. The topological polar surface area (TPSA) is 110 Å². The van der Waals surface area contributed by atoms with E-state index in [9.17, 15) is 13.2 Å². The Kier molecular flexibility index (Phi) is 10.0. The van der Waals surface area contributed by atoms with Gasteiger partial charge in [0, 0.05) is 22.8 Å². The maximum absolute atomic E-state index is 10.6. The first-order valence-corrected chi connectivity index (χ1v) is 13.4. The Bertz CT molecular complexity index is 1530. The van der Waals surface area contributed by atoms with Gasteiger partial charge in [-0.25, -0.2) is 9.78 Å². The van der Waals surface area contributed by atoms with Gasteiger partial charge in [0.1, 0.15) is 23.6 Å². The summed E-state index contributed by atoms with van der Waals surface area (Å²) in [7, 11) is 1.64. The fraction of sp³-hybridized carbons (Fsp3) is 0.310. The Morgan fingerprint density at radius 3 is 2.36 bits per heavy atom. The molecule has 0 bridgehead atoms. The molecule has 0 atom stereocenters. The van der Waals surface area contributed by atoms with Gasteiger partial charge in [0.05, 0.1) is 12.6 Å². The molecule has 5 rings (SSSR count). The Morgan fingerprint density at radius 2 is 1.71 bits per heavy atom. The second kappa shape index (κ2) is 13.7. The summed E-state index contributed by atoms with van der Waals surface area (Å²) in [4.78, 5) is 16.0. The third-order valence-corrected chi connectivity index (χ3v) is 6.79. The monoisotopic (exact) mass is 603 g/mol. The lowest BCUT2D eigenvalue weighted by Crippen LogP contribution is -2.25. The number of aliphatic carboxylic acids is 1. The Labute approximate surface area is 245 Å². The number of nitrogens with one attached hydrogen (secondary N) is 1. The quantitative estimate of drug-likeness (QED) is 0.233. The van der Waals surface area contributed by atoms with Crippen molar-refractivity contribution in [2.24, 2.45) is 0 Å². The molecular weight excluding hydrogens is 575 g/mol. The number of hydrogen-bond acceptors (Lipinski definition) is 8. The van der Waals surface area contributed by atoms with Crippen molar-refractivity contribution in [3.63, 3.8) is 0 Å². The van der Waals surface area contributed by atoms with Crippen molar-refractivity contribution in [3.8, 4) is 22.6 Å². The number of fused-ring (bicyclic) bond motifs is 1. The molecule has 222 valence electrons. The second-order valence-electron chi connectivity index (χ2n) is 9.49. The SMILES string of the molecule is COc1ccc(Cl)c(-c2cc(C)c3nc(Nc4ccc(OCCN5CCCC5)cc4)nnc3c2)c1.O=C(O)C(F)(F)F. The predicted molar refractivity (Wildman–Crippen MR) is 154 cm³/mol. The largest absolute Gasteiger partial charge is 0.497 e. The molecule has 13 heteroatoms. The highest BCUT2D eigenvalue weighted by molar-refractivity contribution is 6.33. The molecule has 1 saturated heterocycles. The molecule has 2 heterocycles.